The average Bonchev–Trinajstić information content (AvgIpc) is 2.59. The zero-order chi connectivity index (χ0) is 13.0. The molecule has 1 rings (SSSR count). The molecule has 0 bridgehead atoms. The third-order valence-electron chi connectivity index (χ3n) is 2.82. The first kappa shape index (κ1) is 13.7. The molecule has 1 heterocycles. The Hall–Kier alpha value is -1.33. The van der Waals surface area contributed by atoms with E-state index in [-0.39, 0.29) is 5.56 Å². The molecule has 0 spiro atoms. The van der Waals surface area contributed by atoms with E-state index in [1.54, 1.807) is 13.0 Å². The van der Waals surface area contributed by atoms with Crippen LogP contribution in [0.15, 0.2) is 10.5 Å². The van der Waals surface area contributed by atoms with E-state index in [4.69, 9.17) is 9.52 Å². The van der Waals surface area contributed by atoms with Crippen molar-refractivity contribution in [3.63, 3.8) is 0 Å². The number of hydrogen-bond acceptors (Lipinski definition) is 4. The minimum absolute atomic E-state index is 0.238. The van der Waals surface area contributed by atoms with Crippen LogP contribution in [0.2, 0.25) is 0 Å². The molecule has 2 N–H and O–H groups in total. The van der Waals surface area contributed by atoms with E-state index in [0.717, 1.165) is 6.54 Å². The molecule has 0 aliphatic rings. The zero-order valence-electron chi connectivity index (χ0n) is 10.8. The van der Waals surface area contributed by atoms with Crippen LogP contribution in [-0.4, -0.2) is 42.7 Å². The lowest BCUT2D eigenvalue weighted by molar-refractivity contribution is 0.0695. The normalized spacial score (nSPS) is 13.0. The molecule has 96 valence electrons. The number of furan rings is 1. The molecule has 1 atom stereocenters. The molecule has 0 saturated carbocycles. The third-order valence-corrected chi connectivity index (χ3v) is 2.82. The largest absolute Gasteiger partial charge is 0.478 e. The highest BCUT2D eigenvalue weighted by Crippen LogP contribution is 2.14. The molecule has 0 fully saturated rings. The second-order valence-electron chi connectivity index (χ2n) is 4.43. The molecule has 0 saturated heterocycles. The quantitative estimate of drug-likeness (QED) is 0.785. The lowest BCUT2D eigenvalue weighted by Gasteiger charge is -2.19. The molecule has 0 aliphatic carbocycles. The minimum Gasteiger partial charge on any atom is -0.478 e. The van der Waals surface area contributed by atoms with Crippen molar-refractivity contribution in [1.29, 1.82) is 0 Å². The number of aromatic carboxylic acids is 1. The summed E-state index contributed by atoms with van der Waals surface area (Å²) >= 11 is 0. The lowest BCUT2D eigenvalue weighted by Crippen LogP contribution is -2.35. The minimum atomic E-state index is -0.945. The fourth-order valence-electron chi connectivity index (χ4n) is 1.43. The van der Waals surface area contributed by atoms with Gasteiger partial charge in [-0.05, 0) is 34.0 Å². The number of nitrogens with zero attached hydrogens (tertiary/aromatic N) is 1. The Morgan fingerprint density at radius 1 is 1.59 bits per heavy atom. The Morgan fingerprint density at radius 2 is 2.24 bits per heavy atom. The Labute approximate surface area is 101 Å². The summed E-state index contributed by atoms with van der Waals surface area (Å²) in [5.41, 5.74) is 0.238. The van der Waals surface area contributed by atoms with Crippen molar-refractivity contribution < 1.29 is 14.3 Å². The van der Waals surface area contributed by atoms with Gasteiger partial charge in [0, 0.05) is 12.6 Å². The van der Waals surface area contributed by atoms with Crippen LogP contribution in [0.3, 0.4) is 0 Å². The number of carboxylic acids is 1. The first-order valence-corrected chi connectivity index (χ1v) is 5.61. The van der Waals surface area contributed by atoms with Gasteiger partial charge in [-0.15, -0.1) is 0 Å². The smallest absolute Gasteiger partial charge is 0.339 e. The van der Waals surface area contributed by atoms with Gasteiger partial charge in [0.1, 0.15) is 17.1 Å². The number of nitrogens with one attached hydrogen (secondary N) is 1. The number of carbonyl (C=O) groups is 1. The number of carboxylic acid groups (broad SMARTS) is 1. The molecular weight excluding hydrogens is 220 g/mol. The van der Waals surface area contributed by atoms with Crippen LogP contribution < -0.4 is 5.32 Å². The first-order valence-electron chi connectivity index (χ1n) is 5.61. The second-order valence-corrected chi connectivity index (χ2v) is 4.43. The van der Waals surface area contributed by atoms with Crippen molar-refractivity contribution in [2.75, 3.05) is 20.6 Å². The molecule has 17 heavy (non-hydrogen) atoms. The Balaban J connectivity index is 2.48. The van der Waals surface area contributed by atoms with Gasteiger partial charge in [0.2, 0.25) is 0 Å². The molecule has 5 nitrogen and oxygen atoms in total. The van der Waals surface area contributed by atoms with Gasteiger partial charge in [-0.1, -0.05) is 0 Å². The van der Waals surface area contributed by atoms with Gasteiger partial charge >= 0.3 is 5.97 Å². The van der Waals surface area contributed by atoms with Crippen LogP contribution in [0.25, 0.3) is 0 Å². The van der Waals surface area contributed by atoms with Crippen LogP contribution in [0.5, 0.6) is 0 Å². The van der Waals surface area contributed by atoms with E-state index in [1.165, 1.54) is 0 Å². The predicted molar refractivity (Wildman–Crippen MR) is 65.3 cm³/mol. The van der Waals surface area contributed by atoms with E-state index in [0.29, 0.717) is 24.1 Å². The van der Waals surface area contributed by atoms with E-state index >= 15 is 0 Å². The first-order chi connectivity index (χ1) is 7.91. The van der Waals surface area contributed by atoms with Gasteiger partial charge in [-0.3, -0.25) is 0 Å². The summed E-state index contributed by atoms with van der Waals surface area (Å²) in [5.74, 6) is 0.167. The van der Waals surface area contributed by atoms with Gasteiger partial charge in [-0.2, -0.15) is 0 Å². The number of rotatable bonds is 6. The molecule has 0 aliphatic heterocycles. The molecule has 5 heteroatoms. The molecule has 1 aromatic heterocycles. The molecule has 1 unspecified atom stereocenters. The van der Waals surface area contributed by atoms with Crippen molar-refractivity contribution in [3.8, 4) is 0 Å². The summed E-state index contributed by atoms with van der Waals surface area (Å²) in [7, 11) is 4.04. The monoisotopic (exact) mass is 240 g/mol. The van der Waals surface area contributed by atoms with Gasteiger partial charge in [0.25, 0.3) is 0 Å². The van der Waals surface area contributed by atoms with Crippen LogP contribution in [-0.2, 0) is 6.54 Å². The SMILES string of the molecule is Cc1oc(CNCC(C)N(C)C)cc1C(=O)O. The fourth-order valence-corrected chi connectivity index (χ4v) is 1.43. The number of hydrogen-bond donors (Lipinski definition) is 2. The summed E-state index contributed by atoms with van der Waals surface area (Å²) in [5, 5.41) is 12.1. The molecule has 0 amide bonds. The lowest BCUT2D eigenvalue weighted by atomic mass is 10.2. The van der Waals surface area contributed by atoms with Crippen LogP contribution in [0.1, 0.15) is 28.8 Å². The van der Waals surface area contributed by atoms with E-state index in [9.17, 15) is 4.79 Å². The standard InChI is InChI=1S/C12H20N2O3/c1-8(14(3)4)6-13-7-10-5-11(12(15)16)9(2)17-10/h5,8,13H,6-7H2,1-4H3,(H,15,16). The van der Waals surface area contributed by atoms with Crippen LogP contribution in [0, 0.1) is 6.92 Å². The van der Waals surface area contributed by atoms with E-state index in [2.05, 4.69) is 17.1 Å². The third kappa shape index (κ3) is 3.87. The second kappa shape index (κ2) is 5.84. The van der Waals surface area contributed by atoms with E-state index < -0.39 is 5.97 Å². The van der Waals surface area contributed by atoms with Crippen molar-refractivity contribution in [1.82, 2.24) is 10.2 Å². The summed E-state index contributed by atoms with van der Waals surface area (Å²) in [6, 6.07) is 2.00. The maximum atomic E-state index is 10.8. The number of aryl methyl sites for hydroxylation is 1. The molecule has 1 aromatic rings. The topological polar surface area (TPSA) is 65.7 Å². The van der Waals surface area contributed by atoms with Crippen molar-refractivity contribution in [3.05, 3.63) is 23.2 Å². The Morgan fingerprint density at radius 3 is 2.71 bits per heavy atom. The van der Waals surface area contributed by atoms with Crippen molar-refractivity contribution >= 4 is 5.97 Å². The number of likely N-dealkylation sites (N-methyl/N-ethyl adjacent to an activating group) is 1. The highest BCUT2D eigenvalue weighted by atomic mass is 16.4. The van der Waals surface area contributed by atoms with Crippen molar-refractivity contribution in [2.45, 2.75) is 26.4 Å². The summed E-state index contributed by atoms with van der Waals surface area (Å²) in [6.07, 6.45) is 0. The average molecular weight is 240 g/mol. The van der Waals surface area contributed by atoms with Gasteiger partial charge in [-0.25, -0.2) is 4.79 Å². The fraction of sp³-hybridized carbons (Fsp3) is 0.583. The highest BCUT2D eigenvalue weighted by molar-refractivity contribution is 5.88. The maximum absolute atomic E-state index is 10.8. The van der Waals surface area contributed by atoms with Gasteiger partial charge in [0.05, 0.1) is 6.54 Å². The van der Waals surface area contributed by atoms with E-state index in [1.807, 2.05) is 14.1 Å². The zero-order valence-corrected chi connectivity index (χ0v) is 10.8. The molecule has 0 radical (unpaired) electrons. The molecular formula is C12H20N2O3. The summed E-state index contributed by atoms with van der Waals surface area (Å²) < 4.78 is 5.36. The Bertz CT molecular complexity index is 385. The summed E-state index contributed by atoms with van der Waals surface area (Å²) in [4.78, 5) is 12.9. The van der Waals surface area contributed by atoms with Gasteiger partial charge in [0.15, 0.2) is 0 Å². The maximum Gasteiger partial charge on any atom is 0.339 e. The summed E-state index contributed by atoms with van der Waals surface area (Å²) in [6.45, 7) is 5.15. The van der Waals surface area contributed by atoms with Crippen LogP contribution in [0.4, 0.5) is 0 Å². The Kier molecular flexibility index (Phi) is 4.72. The van der Waals surface area contributed by atoms with Crippen molar-refractivity contribution in [2.24, 2.45) is 0 Å². The predicted octanol–water partition coefficient (Wildman–Crippen LogP) is 1.33. The van der Waals surface area contributed by atoms with Gasteiger partial charge < -0.3 is 19.7 Å². The highest BCUT2D eigenvalue weighted by Gasteiger charge is 2.13. The molecule has 0 aromatic carbocycles. The van der Waals surface area contributed by atoms with Crippen LogP contribution >= 0.6 is 0 Å².